The molecule has 0 saturated heterocycles. The lowest BCUT2D eigenvalue weighted by atomic mass is 10.2. The molecule has 0 fully saturated rings. The van der Waals surface area contributed by atoms with Gasteiger partial charge in [-0.05, 0) is 38.1 Å². The monoisotopic (exact) mass is 421 g/mol. The van der Waals surface area contributed by atoms with E-state index in [4.69, 9.17) is 21.1 Å². The van der Waals surface area contributed by atoms with Crippen LogP contribution in [0.15, 0.2) is 41.5 Å². The summed E-state index contributed by atoms with van der Waals surface area (Å²) < 4.78 is 25.0. The van der Waals surface area contributed by atoms with Gasteiger partial charge in [0, 0.05) is 17.2 Å². The van der Waals surface area contributed by atoms with E-state index in [-0.39, 0.29) is 29.0 Å². The Morgan fingerprint density at radius 2 is 1.93 bits per heavy atom. The van der Waals surface area contributed by atoms with E-state index >= 15 is 0 Å². The van der Waals surface area contributed by atoms with Crippen molar-refractivity contribution in [3.05, 3.63) is 58.4 Å². The molecule has 0 aliphatic rings. The molecule has 0 spiro atoms. The van der Waals surface area contributed by atoms with E-state index in [0.29, 0.717) is 11.3 Å². The fraction of sp³-hybridized carbons (Fsp3) is 0.250. The summed E-state index contributed by atoms with van der Waals surface area (Å²) >= 11 is 6.03. The molecule has 0 aliphatic carbocycles. The molecule has 2 aromatic carbocycles. The predicted octanol–water partition coefficient (Wildman–Crippen LogP) is 3.04. The Bertz CT molecular complexity index is 898. The largest absolute Gasteiger partial charge is 0.493 e. The zero-order valence-corrected chi connectivity index (χ0v) is 16.9. The standard InChI is InChI=1S/C20H21ClFN3O4/c1-12(2)24-19(26)20(27)25-23-10-13-6-4-9-17(28-3)18(13)29-11-14-15(21)7-5-8-16(14)22/h4-10,12H,11H2,1-3H3,(H,24,26)(H,25,27)/b23-10-. The Labute approximate surface area is 172 Å². The highest BCUT2D eigenvalue weighted by Gasteiger charge is 2.15. The third-order valence-electron chi connectivity index (χ3n) is 3.65. The van der Waals surface area contributed by atoms with Crippen LogP contribution in [0.25, 0.3) is 0 Å². The normalized spacial score (nSPS) is 10.8. The number of benzene rings is 2. The molecule has 2 N–H and O–H groups in total. The SMILES string of the molecule is COc1cccc(/C=N\NC(=O)C(=O)NC(C)C)c1OCc1c(F)cccc1Cl. The summed E-state index contributed by atoms with van der Waals surface area (Å²) in [6.07, 6.45) is 1.29. The molecular formula is C20H21ClFN3O4. The number of carbonyl (C=O) groups is 2. The van der Waals surface area contributed by atoms with Crippen LogP contribution in [0.4, 0.5) is 4.39 Å². The Morgan fingerprint density at radius 1 is 1.21 bits per heavy atom. The van der Waals surface area contributed by atoms with Crippen molar-refractivity contribution in [2.45, 2.75) is 26.5 Å². The lowest BCUT2D eigenvalue weighted by Gasteiger charge is -2.14. The van der Waals surface area contributed by atoms with E-state index in [1.54, 1.807) is 38.1 Å². The first-order chi connectivity index (χ1) is 13.8. The Morgan fingerprint density at radius 3 is 2.59 bits per heavy atom. The first-order valence-electron chi connectivity index (χ1n) is 8.70. The van der Waals surface area contributed by atoms with Crippen LogP contribution in [-0.4, -0.2) is 31.2 Å². The van der Waals surface area contributed by atoms with E-state index in [9.17, 15) is 14.0 Å². The molecule has 9 heteroatoms. The summed E-state index contributed by atoms with van der Waals surface area (Å²) in [6.45, 7) is 3.32. The van der Waals surface area contributed by atoms with Gasteiger partial charge in [0.25, 0.3) is 0 Å². The Hall–Kier alpha value is -3.13. The second-order valence-corrected chi connectivity index (χ2v) is 6.60. The van der Waals surface area contributed by atoms with Crippen LogP contribution < -0.4 is 20.2 Å². The number of hydrazone groups is 1. The van der Waals surface area contributed by atoms with Crippen LogP contribution in [0, 0.1) is 5.82 Å². The van der Waals surface area contributed by atoms with E-state index < -0.39 is 17.6 Å². The molecule has 154 valence electrons. The van der Waals surface area contributed by atoms with Gasteiger partial charge in [0.1, 0.15) is 12.4 Å². The van der Waals surface area contributed by atoms with Gasteiger partial charge in [-0.3, -0.25) is 9.59 Å². The van der Waals surface area contributed by atoms with Gasteiger partial charge < -0.3 is 14.8 Å². The van der Waals surface area contributed by atoms with Crippen LogP contribution in [0.3, 0.4) is 0 Å². The van der Waals surface area contributed by atoms with Crippen molar-refractivity contribution in [3.63, 3.8) is 0 Å². The van der Waals surface area contributed by atoms with E-state index in [2.05, 4.69) is 15.8 Å². The van der Waals surface area contributed by atoms with Crippen LogP contribution in [0.5, 0.6) is 11.5 Å². The number of nitrogens with zero attached hydrogens (tertiary/aromatic N) is 1. The van der Waals surface area contributed by atoms with Crippen LogP contribution >= 0.6 is 11.6 Å². The highest BCUT2D eigenvalue weighted by Crippen LogP contribution is 2.32. The van der Waals surface area contributed by atoms with Gasteiger partial charge >= 0.3 is 11.8 Å². The molecule has 2 aromatic rings. The summed E-state index contributed by atoms with van der Waals surface area (Å²) in [5.41, 5.74) is 2.78. The van der Waals surface area contributed by atoms with Crippen molar-refractivity contribution in [2.24, 2.45) is 5.10 Å². The number of nitrogens with one attached hydrogen (secondary N) is 2. The van der Waals surface area contributed by atoms with Gasteiger partial charge in [-0.2, -0.15) is 5.10 Å². The number of para-hydroxylation sites is 1. The number of ether oxygens (including phenoxy) is 2. The molecule has 2 rings (SSSR count). The molecule has 7 nitrogen and oxygen atoms in total. The molecule has 0 aliphatic heterocycles. The van der Waals surface area contributed by atoms with Crippen molar-refractivity contribution in [2.75, 3.05) is 7.11 Å². The molecule has 0 saturated carbocycles. The average molecular weight is 422 g/mol. The number of amides is 2. The summed E-state index contributed by atoms with van der Waals surface area (Å²) in [5.74, 6) is -1.54. The Kier molecular flexibility index (Phi) is 7.97. The summed E-state index contributed by atoms with van der Waals surface area (Å²) in [6, 6.07) is 9.17. The lowest BCUT2D eigenvalue weighted by Crippen LogP contribution is -2.41. The fourth-order valence-electron chi connectivity index (χ4n) is 2.30. The second-order valence-electron chi connectivity index (χ2n) is 6.19. The van der Waals surface area contributed by atoms with Gasteiger partial charge in [0.05, 0.1) is 18.3 Å². The van der Waals surface area contributed by atoms with E-state index in [1.165, 1.54) is 25.5 Å². The third-order valence-corrected chi connectivity index (χ3v) is 4.00. The summed E-state index contributed by atoms with van der Waals surface area (Å²) in [4.78, 5) is 23.3. The quantitative estimate of drug-likeness (QED) is 0.408. The zero-order chi connectivity index (χ0) is 21.4. The molecule has 2 amide bonds. The minimum Gasteiger partial charge on any atom is -0.493 e. The molecule has 29 heavy (non-hydrogen) atoms. The molecular weight excluding hydrogens is 401 g/mol. The van der Waals surface area contributed by atoms with Crippen LogP contribution in [0.2, 0.25) is 5.02 Å². The molecule has 0 atom stereocenters. The first kappa shape index (κ1) is 22.2. The van der Waals surface area contributed by atoms with Crippen LogP contribution in [-0.2, 0) is 16.2 Å². The fourth-order valence-corrected chi connectivity index (χ4v) is 2.52. The van der Waals surface area contributed by atoms with E-state index in [1.807, 2.05) is 0 Å². The number of halogens is 2. The number of hydrogen-bond donors (Lipinski definition) is 2. The minimum absolute atomic E-state index is 0.143. The zero-order valence-electron chi connectivity index (χ0n) is 16.2. The summed E-state index contributed by atoms with van der Waals surface area (Å²) in [5, 5.41) is 6.46. The van der Waals surface area contributed by atoms with Crippen molar-refractivity contribution >= 4 is 29.6 Å². The van der Waals surface area contributed by atoms with Gasteiger partial charge in [0.15, 0.2) is 11.5 Å². The molecule has 0 radical (unpaired) electrons. The van der Waals surface area contributed by atoms with Gasteiger partial charge in [-0.25, -0.2) is 9.82 Å². The average Bonchev–Trinajstić information content (AvgIpc) is 2.67. The van der Waals surface area contributed by atoms with Crippen molar-refractivity contribution in [3.8, 4) is 11.5 Å². The molecule has 0 unspecified atom stereocenters. The highest BCUT2D eigenvalue weighted by atomic mass is 35.5. The summed E-state index contributed by atoms with van der Waals surface area (Å²) in [7, 11) is 1.46. The minimum atomic E-state index is -0.904. The molecule has 0 heterocycles. The van der Waals surface area contributed by atoms with Crippen LogP contribution in [0.1, 0.15) is 25.0 Å². The smallest absolute Gasteiger partial charge is 0.329 e. The topological polar surface area (TPSA) is 89.0 Å². The van der Waals surface area contributed by atoms with Crippen molar-refractivity contribution in [1.29, 1.82) is 0 Å². The molecule has 0 aromatic heterocycles. The van der Waals surface area contributed by atoms with Gasteiger partial charge in [-0.1, -0.05) is 23.7 Å². The maximum atomic E-state index is 14.0. The third kappa shape index (κ3) is 6.18. The first-order valence-corrected chi connectivity index (χ1v) is 9.07. The van der Waals surface area contributed by atoms with Gasteiger partial charge in [-0.15, -0.1) is 0 Å². The number of hydrogen-bond acceptors (Lipinski definition) is 5. The second kappa shape index (κ2) is 10.4. The maximum absolute atomic E-state index is 14.0. The maximum Gasteiger partial charge on any atom is 0.329 e. The number of methoxy groups -OCH3 is 1. The van der Waals surface area contributed by atoms with E-state index in [0.717, 1.165) is 0 Å². The number of rotatable bonds is 7. The highest BCUT2D eigenvalue weighted by molar-refractivity contribution is 6.35. The predicted molar refractivity (Wildman–Crippen MR) is 108 cm³/mol. The van der Waals surface area contributed by atoms with Gasteiger partial charge in [0.2, 0.25) is 0 Å². The molecule has 0 bridgehead atoms. The number of carbonyl (C=O) groups excluding carboxylic acids is 2. The Balaban J connectivity index is 2.17. The lowest BCUT2D eigenvalue weighted by molar-refractivity contribution is -0.139. The van der Waals surface area contributed by atoms with Crippen molar-refractivity contribution < 1.29 is 23.5 Å². The van der Waals surface area contributed by atoms with Crippen molar-refractivity contribution in [1.82, 2.24) is 10.7 Å².